The van der Waals surface area contributed by atoms with E-state index in [0.717, 1.165) is 6.67 Å². The molecule has 0 unspecified atom stereocenters. The summed E-state index contributed by atoms with van der Waals surface area (Å²) in [6.45, 7) is 19.8. The van der Waals surface area contributed by atoms with Crippen molar-refractivity contribution in [2.75, 3.05) is 16.5 Å². The van der Waals surface area contributed by atoms with Gasteiger partial charge in [0, 0.05) is 15.5 Å². The molecule has 0 amide bonds. The largest absolute Gasteiger partial charge is 0.321 e. The summed E-state index contributed by atoms with van der Waals surface area (Å²) in [4.78, 5) is 8.00. The van der Waals surface area contributed by atoms with Crippen molar-refractivity contribution in [2.24, 2.45) is 0 Å². The topological polar surface area (TPSA) is 6.48 Å². The Hall–Kier alpha value is -2.39. The van der Waals surface area contributed by atoms with Gasteiger partial charge in [-0.25, -0.2) is 0 Å². The summed E-state index contributed by atoms with van der Waals surface area (Å²) in [6.07, 6.45) is 2.49. The molecule has 0 saturated carbocycles. The molecule has 188 valence electrons. The average Bonchev–Trinajstić information content (AvgIpc) is 3.22. The fraction of sp³-hybridized carbons (Fsp3) is 0.455. The molecule has 0 bridgehead atoms. The van der Waals surface area contributed by atoms with Gasteiger partial charge in [0.15, 0.2) is 0 Å². The third kappa shape index (κ3) is 3.53. The molecule has 1 aliphatic carbocycles. The summed E-state index contributed by atoms with van der Waals surface area (Å²) in [5, 5.41) is 0. The molecule has 36 heavy (non-hydrogen) atoms. The second-order valence-electron chi connectivity index (χ2n) is 13.0. The Morgan fingerprint density at radius 2 is 1.42 bits per heavy atom. The summed E-state index contributed by atoms with van der Waals surface area (Å²) >= 11 is 2.00. The van der Waals surface area contributed by atoms with Crippen molar-refractivity contribution in [2.45, 2.75) is 101 Å². The van der Waals surface area contributed by atoms with Crippen LogP contribution in [0, 0.1) is 0 Å². The highest BCUT2D eigenvalue weighted by molar-refractivity contribution is 7.99. The maximum absolute atomic E-state index is 2.59. The molecule has 6 rings (SSSR count). The van der Waals surface area contributed by atoms with Crippen molar-refractivity contribution < 1.29 is 0 Å². The van der Waals surface area contributed by atoms with Gasteiger partial charge in [-0.05, 0) is 88.1 Å². The molecule has 3 aliphatic rings. The zero-order chi connectivity index (χ0) is 25.6. The van der Waals surface area contributed by atoms with Crippen LogP contribution in [0.5, 0.6) is 0 Å². The van der Waals surface area contributed by atoms with Gasteiger partial charge in [-0.15, -0.1) is 0 Å². The Bertz CT molecular complexity index is 1340. The number of nitrogens with zero attached hydrogens (tertiary/aromatic N) is 2. The van der Waals surface area contributed by atoms with Gasteiger partial charge >= 0.3 is 0 Å². The monoisotopic (exact) mass is 496 g/mol. The van der Waals surface area contributed by atoms with Crippen molar-refractivity contribution in [1.29, 1.82) is 0 Å². The van der Waals surface area contributed by atoms with Gasteiger partial charge in [0.1, 0.15) is 6.67 Å². The van der Waals surface area contributed by atoms with E-state index in [1.54, 1.807) is 11.1 Å². The average molecular weight is 497 g/mol. The van der Waals surface area contributed by atoms with E-state index in [4.69, 9.17) is 0 Å². The molecule has 0 radical (unpaired) electrons. The molecule has 0 atom stereocenters. The fourth-order valence-electron chi connectivity index (χ4n) is 6.39. The molecule has 0 saturated heterocycles. The molecule has 0 fully saturated rings. The van der Waals surface area contributed by atoms with Gasteiger partial charge in [-0.2, -0.15) is 0 Å². The van der Waals surface area contributed by atoms with Crippen LogP contribution in [0.25, 0.3) is 0 Å². The van der Waals surface area contributed by atoms with Gasteiger partial charge in [0.25, 0.3) is 0 Å². The number of anilines is 4. The molecule has 3 aromatic carbocycles. The summed E-state index contributed by atoms with van der Waals surface area (Å²) in [5.74, 6) is 1.02. The lowest BCUT2D eigenvalue weighted by molar-refractivity contribution is 0.327. The highest BCUT2D eigenvalue weighted by atomic mass is 32.2. The second-order valence-corrected chi connectivity index (χ2v) is 14.0. The van der Waals surface area contributed by atoms with Crippen molar-refractivity contribution in [1.82, 2.24) is 0 Å². The predicted octanol–water partition coefficient (Wildman–Crippen LogP) is 9.99. The highest BCUT2D eigenvalue weighted by Crippen LogP contribution is 2.60. The summed E-state index contributed by atoms with van der Waals surface area (Å²) in [5.41, 5.74) is 11.8. The minimum atomic E-state index is 0.190. The quantitative estimate of drug-likeness (QED) is 0.356. The van der Waals surface area contributed by atoms with E-state index in [0.29, 0.717) is 11.8 Å². The normalized spacial score (nSPS) is 18.9. The number of hydrogen-bond donors (Lipinski definition) is 0. The summed E-state index contributed by atoms with van der Waals surface area (Å²) in [6, 6.07) is 19.0. The Kier molecular flexibility index (Phi) is 5.36. The van der Waals surface area contributed by atoms with Gasteiger partial charge in [0.05, 0.1) is 17.1 Å². The third-order valence-corrected chi connectivity index (χ3v) is 10.0. The van der Waals surface area contributed by atoms with E-state index in [2.05, 4.69) is 114 Å². The van der Waals surface area contributed by atoms with Crippen LogP contribution in [0.3, 0.4) is 0 Å². The van der Waals surface area contributed by atoms with E-state index in [1.807, 2.05) is 11.8 Å². The minimum absolute atomic E-state index is 0.190. The van der Waals surface area contributed by atoms with Gasteiger partial charge in [0.2, 0.25) is 0 Å². The SMILES string of the molecule is CC(C)c1cc(C(C)C)cc(N2CN3c4ccc5c(c4Sc4cccc2c43)C(C)(C)CCC5(C)C)c1. The van der Waals surface area contributed by atoms with Crippen LogP contribution in [0.2, 0.25) is 0 Å². The first-order valence-electron chi connectivity index (χ1n) is 13.7. The Morgan fingerprint density at radius 1 is 0.750 bits per heavy atom. The molecular formula is C33H40N2S. The standard InChI is InChI=1S/C33H40N2S/c1-20(2)22-16-23(21(3)4)18-24(17-22)34-19-35-27-13-12-25-29(33(7,8)15-14-32(25,5)6)31(27)36-28-11-9-10-26(34)30(28)35/h9-13,16-18,20-21H,14-15,19H2,1-8H3. The van der Waals surface area contributed by atoms with Gasteiger partial charge in [-0.1, -0.05) is 85.4 Å². The lowest BCUT2D eigenvalue weighted by atomic mass is 9.63. The van der Waals surface area contributed by atoms with Gasteiger partial charge in [-0.3, -0.25) is 0 Å². The second kappa shape index (κ2) is 8.05. The first-order valence-corrected chi connectivity index (χ1v) is 14.5. The van der Waals surface area contributed by atoms with E-state index >= 15 is 0 Å². The Balaban J connectivity index is 1.52. The Morgan fingerprint density at radius 3 is 2.08 bits per heavy atom. The molecule has 0 N–H and O–H groups in total. The first-order chi connectivity index (χ1) is 17.0. The smallest absolute Gasteiger partial charge is 0.100 e. The van der Waals surface area contributed by atoms with Crippen molar-refractivity contribution in [3.05, 3.63) is 70.8 Å². The van der Waals surface area contributed by atoms with Crippen LogP contribution in [-0.4, -0.2) is 6.67 Å². The molecule has 0 aromatic heterocycles. The van der Waals surface area contributed by atoms with E-state index in [9.17, 15) is 0 Å². The summed E-state index contributed by atoms with van der Waals surface area (Å²) in [7, 11) is 0. The van der Waals surface area contributed by atoms with Crippen LogP contribution < -0.4 is 9.80 Å². The molecule has 2 heterocycles. The summed E-state index contributed by atoms with van der Waals surface area (Å²) < 4.78 is 0. The number of fused-ring (bicyclic) bond motifs is 4. The van der Waals surface area contributed by atoms with E-state index in [1.165, 1.54) is 56.5 Å². The zero-order valence-corrected chi connectivity index (χ0v) is 24.0. The van der Waals surface area contributed by atoms with Crippen LogP contribution in [-0.2, 0) is 10.8 Å². The van der Waals surface area contributed by atoms with Crippen molar-refractivity contribution in [3.8, 4) is 0 Å². The number of rotatable bonds is 3. The molecule has 0 spiro atoms. The number of para-hydroxylation sites is 1. The van der Waals surface area contributed by atoms with E-state index in [-0.39, 0.29) is 10.8 Å². The van der Waals surface area contributed by atoms with Crippen LogP contribution in [0.4, 0.5) is 22.7 Å². The lowest BCUT2D eigenvalue weighted by Gasteiger charge is -2.44. The van der Waals surface area contributed by atoms with Crippen LogP contribution >= 0.6 is 11.8 Å². The third-order valence-electron chi connectivity index (χ3n) is 8.85. The minimum Gasteiger partial charge on any atom is -0.321 e. The molecule has 2 nitrogen and oxygen atoms in total. The van der Waals surface area contributed by atoms with Gasteiger partial charge < -0.3 is 9.80 Å². The molecule has 3 aromatic rings. The molecular weight excluding hydrogens is 456 g/mol. The van der Waals surface area contributed by atoms with Crippen molar-refractivity contribution >= 4 is 34.5 Å². The highest BCUT2D eigenvalue weighted by Gasteiger charge is 2.43. The fourth-order valence-corrected chi connectivity index (χ4v) is 7.84. The van der Waals surface area contributed by atoms with Crippen LogP contribution in [0.15, 0.2) is 58.3 Å². The van der Waals surface area contributed by atoms with E-state index < -0.39 is 0 Å². The van der Waals surface area contributed by atoms with Crippen molar-refractivity contribution in [3.63, 3.8) is 0 Å². The maximum Gasteiger partial charge on any atom is 0.100 e. The number of benzene rings is 3. The number of hydrogen-bond acceptors (Lipinski definition) is 3. The zero-order valence-electron chi connectivity index (χ0n) is 23.2. The molecule has 3 heteroatoms. The Labute approximate surface area is 222 Å². The lowest BCUT2D eigenvalue weighted by Crippen LogP contribution is -2.35. The first kappa shape index (κ1) is 24.0. The molecule has 2 aliphatic heterocycles. The maximum atomic E-state index is 2.59. The predicted molar refractivity (Wildman–Crippen MR) is 156 cm³/mol. The van der Waals surface area contributed by atoms with Crippen LogP contribution in [0.1, 0.15) is 102 Å².